The highest BCUT2D eigenvalue weighted by atomic mass is 16.6. The van der Waals surface area contributed by atoms with Gasteiger partial charge in [0.05, 0.1) is 42.7 Å². The summed E-state index contributed by atoms with van der Waals surface area (Å²) in [6.07, 6.45) is 0.328. The Bertz CT molecular complexity index is 1260. The number of piperidine rings is 1. The summed E-state index contributed by atoms with van der Waals surface area (Å²) in [6.45, 7) is 6.88. The van der Waals surface area contributed by atoms with Gasteiger partial charge in [-0.1, -0.05) is 6.92 Å². The maximum atomic E-state index is 13.8. The number of rotatable bonds is 10. The molecule has 7 rings (SSSR count). The van der Waals surface area contributed by atoms with E-state index in [2.05, 4.69) is 11.8 Å². The Balaban J connectivity index is 1.38. The number of methoxy groups -OCH3 is 4. The van der Waals surface area contributed by atoms with Gasteiger partial charge in [-0.05, 0) is 62.9 Å². The van der Waals surface area contributed by atoms with Crippen molar-refractivity contribution in [1.29, 1.82) is 0 Å². The molecule has 1 aliphatic heterocycles. The predicted molar refractivity (Wildman–Crippen MR) is 159 cm³/mol. The third kappa shape index (κ3) is 3.65. The Morgan fingerprint density at radius 3 is 2.30 bits per heavy atom. The minimum Gasteiger partial charge on any atom is -0.494 e. The fourth-order valence-electron chi connectivity index (χ4n) is 12.1. The van der Waals surface area contributed by atoms with Crippen LogP contribution in [0.15, 0.2) is 24.3 Å². The summed E-state index contributed by atoms with van der Waals surface area (Å²) >= 11 is 0. The first-order valence-corrected chi connectivity index (χ1v) is 16.3. The summed E-state index contributed by atoms with van der Waals surface area (Å²) in [4.78, 5) is 16.3. The monoisotopic (exact) mass is 615 g/mol. The van der Waals surface area contributed by atoms with E-state index in [1.807, 2.05) is 6.92 Å². The number of esters is 1. The van der Waals surface area contributed by atoms with Crippen LogP contribution in [0.25, 0.3) is 0 Å². The van der Waals surface area contributed by atoms with E-state index >= 15 is 0 Å². The number of hydrogen-bond donors (Lipinski definition) is 2. The summed E-state index contributed by atoms with van der Waals surface area (Å²) in [5.74, 6) is -0.826. The Labute approximate surface area is 260 Å². The van der Waals surface area contributed by atoms with E-state index < -0.39 is 40.7 Å². The van der Waals surface area contributed by atoms with Crippen LogP contribution < -0.4 is 4.74 Å². The molecule has 0 radical (unpaired) electrons. The number of hydrogen-bond acceptors (Lipinski definition) is 10. The number of nitrogens with zero attached hydrogens (tertiary/aromatic N) is 1. The normalized spacial score (nSPS) is 48.3. The van der Waals surface area contributed by atoms with Crippen LogP contribution in [0.3, 0.4) is 0 Å². The standard InChI is InChI=1S/C34H49NO9/c1-7-35-17-31(18-39-3)14-13-22(40-4)34-21-15-32(37)23(41-5)16-33(38,25(28(34)35)26(42-6)27(31)34)24(21)29(32)44-30(36)19-9-11-20(12-10-19)43-8-2/h9-12,21-29,37-38H,7-8,13-18H2,1-6H3/t21-,22+,23+,24-,25+,26+,27-,28-,29-,31+,32-,33-,34+/m1/s1. The quantitative estimate of drug-likeness (QED) is 0.381. The van der Waals surface area contributed by atoms with Gasteiger partial charge in [0.15, 0.2) is 0 Å². The van der Waals surface area contributed by atoms with Gasteiger partial charge in [-0.2, -0.15) is 0 Å². The first-order chi connectivity index (χ1) is 21.1. The molecule has 13 atom stereocenters. The molecule has 244 valence electrons. The largest absolute Gasteiger partial charge is 0.494 e. The molecule has 0 amide bonds. The van der Waals surface area contributed by atoms with Gasteiger partial charge in [0.2, 0.25) is 0 Å². The van der Waals surface area contributed by atoms with E-state index in [0.717, 1.165) is 25.9 Å². The van der Waals surface area contributed by atoms with Crippen LogP contribution in [0.4, 0.5) is 0 Å². The van der Waals surface area contributed by atoms with Crippen LogP contribution in [0, 0.1) is 34.5 Å². The molecule has 7 bridgehead atoms. The zero-order valence-corrected chi connectivity index (χ0v) is 26.9. The summed E-state index contributed by atoms with van der Waals surface area (Å²) in [5, 5.41) is 25.8. The van der Waals surface area contributed by atoms with Crippen LogP contribution in [-0.2, 0) is 23.7 Å². The average molecular weight is 616 g/mol. The molecule has 44 heavy (non-hydrogen) atoms. The number of ether oxygens (including phenoxy) is 6. The average Bonchev–Trinajstić information content (AvgIpc) is 3.40. The van der Waals surface area contributed by atoms with Crippen molar-refractivity contribution in [3.63, 3.8) is 0 Å². The molecule has 2 N–H and O–H groups in total. The minimum atomic E-state index is -1.47. The van der Waals surface area contributed by atoms with Crippen molar-refractivity contribution in [2.45, 2.75) is 81.2 Å². The SMILES string of the molecule is CCOc1ccc(C(=O)O[C@@H]2[C@H]3[C@H]4C[C@@]2(O)[C@@H](OC)C[C@]3(O)[C@H]2[C@H](OC)[C@@H]3[C@@]5(COC)CC[C@H](OC)[C@@]43[C@@H]2N(CC)C5)cc1. The summed E-state index contributed by atoms with van der Waals surface area (Å²) < 4.78 is 36.8. The van der Waals surface area contributed by atoms with Crippen LogP contribution in [0.5, 0.6) is 5.75 Å². The number of carbonyl (C=O) groups is 1. The van der Waals surface area contributed by atoms with E-state index in [4.69, 9.17) is 28.4 Å². The highest BCUT2D eigenvalue weighted by Gasteiger charge is 2.88. The highest BCUT2D eigenvalue weighted by molar-refractivity contribution is 5.89. The Morgan fingerprint density at radius 1 is 0.955 bits per heavy atom. The smallest absolute Gasteiger partial charge is 0.338 e. The number of aliphatic hydroxyl groups is 2. The third-order valence-corrected chi connectivity index (χ3v) is 13.1. The summed E-state index contributed by atoms with van der Waals surface area (Å²) in [5.41, 5.74) is -3.05. The zero-order valence-electron chi connectivity index (χ0n) is 26.9. The van der Waals surface area contributed by atoms with Crippen molar-refractivity contribution >= 4 is 5.97 Å². The van der Waals surface area contributed by atoms with Gasteiger partial charge >= 0.3 is 5.97 Å². The van der Waals surface area contributed by atoms with Crippen molar-refractivity contribution in [2.75, 3.05) is 54.7 Å². The lowest BCUT2D eigenvalue weighted by atomic mass is 9.43. The fraction of sp³-hybridized carbons (Fsp3) is 0.794. The topological polar surface area (TPSA) is 116 Å². The van der Waals surface area contributed by atoms with E-state index in [1.54, 1.807) is 52.7 Å². The van der Waals surface area contributed by atoms with E-state index in [-0.39, 0.29) is 47.8 Å². The Morgan fingerprint density at radius 2 is 1.68 bits per heavy atom. The molecule has 0 aromatic heterocycles. The molecule has 6 aliphatic rings. The number of fused-ring (bicyclic) bond motifs is 2. The molecule has 10 nitrogen and oxygen atoms in total. The van der Waals surface area contributed by atoms with Gasteiger partial charge in [0.1, 0.15) is 17.5 Å². The van der Waals surface area contributed by atoms with Crippen molar-refractivity contribution in [1.82, 2.24) is 4.90 Å². The second kappa shape index (κ2) is 10.6. The second-order valence-electron chi connectivity index (χ2n) is 14.3. The zero-order chi connectivity index (χ0) is 31.2. The van der Waals surface area contributed by atoms with E-state index in [0.29, 0.717) is 30.9 Å². The van der Waals surface area contributed by atoms with E-state index in [1.165, 1.54) is 0 Å². The molecule has 5 aliphatic carbocycles. The molecular formula is C34H49NO9. The van der Waals surface area contributed by atoms with Gasteiger partial charge in [0, 0.05) is 76.0 Å². The summed E-state index contributed by atoms with van der Waals surface area (Å²) in [6, 6.07) is 6.82. The highest BCUT2D eigenvalue weighted by Crippen LogP contribution is 2.80. The van der Waals surface area contributed by atoms with Crippen molar-refractivity contribution in [2.24, 2.45) is 34.5 Å². The van der Waals surface area contributed by atoms with Crippen molar-refractivity contribution in [3.05, 3.63) is 29.8 Å². The fourth-order valence-corrected chi connectivity index (χ4v) is 12.1. The second-order valence-corrected chi connectivity index (χ2v) is 14.3. The Hall–Kier alpha value is -1.79. The molecule has 1 aromatic rings. The van der Waals surface area contributed by atoms with Crippen molar-refractivity contribution in [3.8, 4) is 5.75 Å². The molecule has 1 saturated heterocycles. The van der Waals surface area contributed by atoms with Crippen LogP contribution in [0.1, 0.15) is 49.9 Å². The molecule has 5 saturated carbocycles. The molecule has 1 spiro atoms. The first-order valence-electron chi connectivity index (χ1n) is 16.3. The Kier molecular flexibility index (Phi) is 7.44. The number of carbonyl (C=O) groups excluding carboxylic acids is 1. The summed E-state index contributed by atoms with van der Waals surface area (Å²) in [7, 11) is 6.90. The number of likely N-dealkylation sites (tertiary alicyclic amines) is 1. The lowest BCUT2D eigenvalue weighted by Crippen LogP contribution is -2.77. The molecular weight excluding hydrogens is 566 g/mol. The predicted octanol–water partition coefficient (Wildman–Crippen LogP) is 2.53. The molecule has 10 heteroatoms. The van der Waals surface area contributed by atoms with Gasteiger partial charge in [0.25, 0.3) is 0 Å². The van der Waals surface area contributed by atoms with Crippen LogP contribution >= 0.6 is 0 Å². The van der Waals surface area contributed by atoms with E-state index in [9.17, 15) is 15.0 Å². The van der Waals surface area contributed by atoms with Gasteiger partial charge < -0.3 is 38.6 Å². The molecule has 6 fully saturated rings. The van der Waals surface area contributed by atoms with Crippen LogP contribution in [-0.4, -0.2) is 117 Å². The number of benzene rings is 1. The van der Waals surface area contributed by atoms with Gasteiger partial charge in [-0.15, -0.1) is 0 Å². The molecule has 0 unspecified atom stereocenters. The minimum absolute atomic E-state index is 0.0238. The molecule has 1 heterocycles. The maximum Gasteiger partial charge on any atom is 0.338 e. The lowest BCUT2D eigenvalue weighted by Gasteiger charge is -2.69. The van der Waals surface area contributed by atoms with Crippen LogP contribution in [0.2, 0.25) is 0 Å². The molecule has 1 aromatic carbocycles. The van der Waals surface area contributed by atoms with Crippen molar-refractivity contribution < 1.29 is 43.4 Å². The third-order valence-electron chi connectivity index (χ3n) is 13.1. The first kappa shape index (κ1) is 30.8. The maximum absolute atomic E-state index is 13.8. The lowest BCUT2D eigenvalue weighted by molar-refractivity contribution is -0.283. The van der Waals surface area contributed by atoms with Gasteiger partial charge in [-0.3, -0.25) is 4.90 Å². The van der Waals surface area contributed by atoms with Gasteiger partial charge in [-0.25, -0.2) is 4.79 Å².